The van der Waals surface area contributed by atoms with Gasteiger partial charge in [0, 0.05) is 0 Å². The first-order valence-corrected chi connectivity index (χ1v) is 5.24. The Morgan fingerprint density at radius 2 is 1.79 bits per heavy atom. The number of anilines is 1. The van der Waals surface area contributed by atoms with Gasteiger partial charge in [0.25, 0.3) is 0 Å². The molecule has 0 saturated heterocycles. The summed E-state index contributed by atoms with van der Waals surface area (Å²) in [5.41, 5.74) is 4.43. The normalized spacial score (nSPS) is 9.84. The lowest BCUT2D eigenvalue weighted by Crippen LogP contribution is -2.39. The number of carbonyl (C=O) groups excluding carboxylic acids is 2. The predicted molar refractivity (Wildman–Crippen MR) is 64.7 cm³/mol. The van der Waals surface area contributed by atoms with Crippen LogP contribution in [0.2, 0.25) is 0 Å². The summed E-state index contributed by atoms with van der Waals surface area (Å²) >= 11 is 4.46. The van der Waals surface area contributed by atoms with E-state index in [2.05, 4.69) is 12.2 Å². The molecule has 0 aliphatic rings. The number of benzene rings is 1. The van der Waals surface area contributed by atoms with Crippen LogP contribution in [0.25, 0.3) is 0 Å². The lowest BCUT2D eigenvalue weighted by molar-refractivity contribution is -0.136. The van der Waals surface area contributed by atoms with Gasteiger partial charge in [-0.15, -0.1) is 0 Å². The highest BCUT2D eigenvalue weighted by molar-refractivity contribution is 7.80. The molecule has 19 heavy (non-hydrogen) atoms. The summed E-state index contributed by atoms with van der Waals surface area (Å²) < 4.78 is 38.7. The molecule has 0 spiro atoms. The third kappa shape index (κ3) is 3.91. The Balaban J connectivity index is 2.75. The highest BCUT2D eigenvalue weighted by atomic mass is 32.1. The first-order valence-electron chi connectivity index (χ1n) is 4.84. The van der Waals surface area contributed by atoms with Crippen molar-refractivity contribution < 1.29 is 22.8 Å². The number of rotatable bonds is 3. The SMILES string of the molecule is NC(=S)CNC(=O)C(=O)Nc1ccc(F)c(F)c1F. The molecule has 5 nitrogen and oxygen atoms in total. The van der Waals surface area contributed by atoms with E-state index in [1.54, 1.807) is 5.32 Å². The third-order valence-corrected chi connectivity index (χ3v) is 2.06. The lowest BCUT2D eigenvalue weighted by Gasteiger charge is -2.07. The summed E-state index contributed by atoms with van der Waals surface area (Å²) in [5.74, 6) is -7.16. The molecule has 2 amide bonds. The highest BCUT2D eigenvalue weighted by Crippen LogP contribution is 2.19. The van der Waals surface area contributed by atoms with E-state index in [1.165, 1.54) is 0 Å². The topological polar surface area (TPSA) is 84.2 Å². The van der Waals surface area contributed by atoms with Crippen LogP contribution in [0.3, 0.4) is 0 Å². The van der Waals surface area contributed by atoms with Gasteiger partial charge in [-0.3, -0.25) is 9.59 Å². The molecule has 0 aliphatic carbocycles. The van der Waals surface area contributed by atoms with Gasteiger partial charge in [0.15, 0.2) is 17.5 Å². The maximum absolute atomic E-state index is 13.2. The van der Waals surface area contributed by atoms with Gasteiger partial charge in [0.05, 0.1) is 17.2 Å². The van der Waals surface area contributed by atoms with Crippen LogP contribution in [0.4, 0.5) is 18.9 Å². The van der Waals surface area contributed by atoms with Crippen molar-refractivity contribution in [1.29, 1.82) is 0 Å². The summed E-state index contributed by atoms with van der Waals surface area (Å²) in [6.45, 7) is -0.220. The lowest BCUT2D eigenvalue weighted by atomic mass is 10.2. The molecule has 4 N–H and O–H groups in total. The van der Waals surface area contributed by atoms with Crippen molar-refractivity contribution in [2.24, 2.45) is 5.73 Å². The van der Waals surface area contributed by atoms with E-state index in [9.17, 15) is 22.8 Å². The Morgan fingerprint density at radius 1 is 1.16 bits per heavy atom. The van der Waals surface area contributed by atoms with Crippen LogP contribution in [0.15, 0.2) is 12.1 Å². The number of nitrogens with two attached hydrogens (primary N) is 1. The van der Waals surface area contributed by atoms with Crippen molar-refractivity contribution in [3.8, 4) is 0 Å². The quantitative estimate of drug-likeness (QED) is 0.429. The van der Waals surface area contributed by atoms with Gasteiger partial charge in [-0.05, 0) is 12.1 Å². The smallest absolute Gasteiger partial charge is 0.313 e. The summed E-state index contributed by atoms with van der Waals surface area (Å²) in [6.07, 6.45) is 0. The van der Waals surface area contributed by atoms with Crippen molar-refractivity contribution in [3.05, 3.63) is 29.6 Å². The average molecular weight is 291 g/mol. The Kier molecular flexibility index (Phi) is 4.81. The first kappa shape index (κ1) is 14.9. The van der Waals surface area contributed by atoms with Gasteiger partial charge in [-0.1, -0.05) is 12.2 Å². The van der Waals surface area contributed by atoms with Gasteiger partial charge in [0.1, 0.15) is 0 Å². The molecule has 1 aromatic carbocycles. The Labute approximate surface area is 111 Å². The molecular formula is C10H8F3N3O2S. The minimum absolute atomic E-state index is 0.0554. The van der Waals surface area contributed by atoms with Crippen LogP contribution in [-0.2, 0) is 9.59 Å². The number of carbonyl (C=O) groups is 2. The van der Waals surface area contributed by atoms with Crippen molar-refractivity contribution in [1.82, 2.24) is 5.32 Å². The molecule has 0 saturated carbocycles. The van der Waals surface area contributed by atoms with E-state index in [-0.39, 0.29) is 11.5 Å². The van der Waals surface area contributed by atoms with Gasteiger partial charge >= 0.3 is 11.8 Å². The van der Waals surface area contributed by atoms with Crippen molar-refractivity contribution in [3.63, 3.8) is 0 Å². The summed E-state index contributed by atoms with van der Waals surface area (Å²) in [5, 5.41) is 3.83. The van der Waals surface area contributed by atoms with Crippen molar-refractivity contribution in [2.75, 3.05) is 11.9 Å². The van der Waals surface area contributed by atoms with E-state index >= 15 is 0 Å². The molecule has 0 atom stereocenters. The van der Waals surface area contributed by atoms with Crippen LogP contribution in [0.5, 0.6) is 0 Å². The molecule has 0 fully saturated rings. The number of halogens is 3. The Bertz CT molecular complexity index is 551. The van der Waals surface area contributed by atoms with E-state index in [1.807, 2.05) is 5.32 Å². The summed E-state index contributed by atoms with van der Waals surface area (Å²) in [7, 11) is 0. The molecule has 9 heteroatoms. The second-order valence-electron chi connectivity index (χ2n) is 3.33. The number of amides is 2. The maximum Gasteiger partial charge on any atom is 0.313 e. The largest absolute Gasteiger partial charge is 0.392 e. The number of hydrogen-bond donors (Lipinski definition) is 3. The van der Waals surface area contributed by atoms with Gasteiger partial charge < -0.3 is 16.4 Å². The van der Waals surface area contributed by atoms with Gasteiger partial charge in [-0.25, -0.2) is 13.2 Å². The van der Waals surface area contributed by atoms with Crippen LogP contribution < -0.4 is 16.4 Å². The number of nitrogens with one attached hydrogen (secondary N) is 2. The minimum Gasteiger partial charge on any atom is -0.392 e. The van der Waals surface area contributed by atoms with E-state index < -0.39 is 35.0 Å². The van der Waals surface area contributed by atoms with Crippen molar-refractivity contribution >= 4 is 34.7 Å². The van der Waals surface area contributed by atoms with Crippen molar-refractivity contribution in [2.45, 2.75) is 0 Å². The average Bonchev–Trinajstić information content (AvgIpc) is 2.36. The van der Waals surface area contributed by atoms with Gasteiger partial charge in [-0.2, -0.15) is 0 Å². The zero-order valence-electron chi connectivity index (χ0n) is 9.30. The van der Waals surface area contributed by atoms with Crippen LogP contribution in [-0.4, -0.2) is 23.3 Å². The third-order valence-electron chi connectivity index (χ3n) is 1.91. The van der Waals surface area contributed by atoms with E-state index in [4.69, 9.17) is 5.73 Å². The fourth-order valence-corrected chi connectivity index (χ4v) is 1.12. The molecule has 102 valence electrons. The number of thiocarbonyl (C=S) groups is 1. The molecule has 0 unspecified atom stereocenters. The second kappa shape index (κ2) is 6.14. The zero-order chi connectivity index (χ0) is 14.6. The Hall–Kier alpha value is -2.16. The van der Waals surface area contributed by atoms with Crippen LogP contribution in [0, 0.1) is 17.5 Å². The van der Waals surface area contributed by atoms with E-state index in [0.717, 1.165) is 6.07 Å². The minimum atomic E-state index is -1.75. The highest BCUT2D eigenvalue weighted by Gasteiger charge is 2.18. The zero-order valence-corrected chi connectivity index (χ0v) is 10.1. The number of hydrogen-bond acceptors (Lipinski definition) is 3. The monoisotopic (exact) mass is 291 g/mol. The molecule has 1 rings (SSSR count). The summed E-state index contributed by atoms with van der Waals surface area (Å²) in [6, 6.07) is 1.40. The first-order chi connectivity index (χ1) is 8.82. The molecule has 1 aromatic rings. The fourth-order valence-electron chi connectivity index (χ4n) is 1.05. The molecule has 0 heterocycles. The molecule has 0 aromatic heterocycles. The molecule has 0 bridgehead atoms. The molecular weight excluding hydrogens is 283 g/mol. The fraction of sp³-hybridized carbons (Fsp3) is 0.100. The Morgan fingerprint density at radius 3 is 2.37 bits per heavy atom. The second-order valence-corrected chi connectivity index (χ2v) is 3.85. The standard InChI is InChI=1S/C10H8F3N3O2S/c11-4-1-2-5(8(13)7(4)12)16-10(18)9(17)15-3-6(14)19/h1-2H,3H2,(H2,14,19)(H,15,17)(H,16,18). The van der Waals surface area contributed by atoms with E-state index in [0.29, 0.717) is 6.07 Å². The van der Waals surface area contributed by atoms with Crippen LogP contribution in [0.1, 0.15) is 0 Å². The molecule has 0 aliphatic heterocycles. The maximum atomic E-state index is 13.2. The predicted octanol–water partition coefficient (Wildman–Crippen LogP) is 0.445. The summed E-state index contributed by atoms with van der Waals surface area (Å²) in [4.78, 5) is 22.4. The van der Waals surface area contributed by atoms with Crippen LogP contribution >= 0.6 is 12.2 Å². The van der Waals surface area contributed by atoms with Gasteiger partial charge in [0.2, 0.25) is 0 Å². The molecule has 0 radical (unpaired) electrons.